The third kappa shape index (κ3) is 3.36. The highest BCUT2D eigenvalue weighted by Gasteiger charge is 2.39. The van der Waals surface area contributed by atoms with Crippen molar-refractivity contribution in [2.45, 2.75) is 38.5 Å². The Morgan fingerprint density at radius 1 is 1.11 bits per heavy atom. The Hall–Kier alpha value is -3.19. The second kappa shape index (κ2) is 7.44. The molecule has 0 saturated carbocycles. The quantitative estimate of drug-likeness (QED) is 0.684. The average Bonchev–Trinajstić information content (AvgIpc) is 3.04. The Morgan fingerprint density at radius 2 is 1.89 bits per heavy atom. The zero-order valence-electron chi connectivity index (χ0n) is 15.4. The van der Waals surface area contributed by atoms with E-state index < -0.39 is 11.9 Å². The first-order valence-electron chi connectivity index (χ1n) is 9.35. The number of imide groups is 1. The first kappa shape index (κ1) is 18.2. The van der Waals surface area contributed by atoms with Gasteiger partial charge in [0, 0.05) is 37.3 Å². The molecule has 28 heavy (non-hydrogen) atoms. The van der Waals surface area contributed by atoms with Gasteiger partial charge in [-0.3, -0.25) is 19.7 Å². The topological polar surface area (TPSA) is 105 Å². The van der Waals surface area contributed by atoms with E-state index in [0.29, 0.717) is 31.6 Å². The SMILES string of the molecule is NCc1ccc(NCc2cccc3c2CN(C2CCC(=O)NC2=O)C3=O)cc1. The lowest BCUT2D eigenvalue weighted by atomic mass is 10.0. The van der Waals surface area contributed by atoms with Crippen molar-refractivity contribution in [1.29, 1.82) is 0 Å². The van der Waals surface area contributed by atoms with E-state index in [-0.39, 0.29) is 18.2 Å². The molecule has 2 aromatic rings. The number of hydrogen-bond donors (Lipinski definition) is 3. The predicted octanol–water partition coefficient (Wildman–Crippen LogP) is 1.52. The normalized spacial score (nSPS) is 18.8. The summed E-state index contributed by atoms with van der Waals surface area (Å²) in [5.74, 6) is -0.827. The molecule has 144 valence electrons. The minimum Gasteiger partial charge on any atom is -0.381 e. The maximum atomic E-state index is 12.8. The minimum absolute atomic E-state index is 0.154. The Bertz CT molecular complexity index is 939. The molecule has 0 spiro atoms. The molecule has 2 aliphatic rings. The van der Waals surface area contributed by atoms with E-state index in [9.17, 15) is 14.4 Å². The molecule has 3 amide bonds. The highest BCUT2D eigenvalue weighted by atomic mass is 16.2. The second-order valence-electron chi connectivity index (χ2n) is 7.10. The van der Waals surface area contributed by atoms with E-state index in [1.54, 1.807) is 11.0 Å². The number of anilines is 1. The second-order valence-corrected chi connectivity index (χ2v) is 7.10. The van der Waals surface area contributed by atoms with E-state index in [4.69, 9.17) is 5.73 Å². The molecule has 1 saturated heterocycles. The summed E-state index contributed by atoms with van der Waals surface area (Å²) in [6.07, 6.45) is 0.620. The maximum absolute atomic E-state index is 12.8. The fourth-order valence-corrected chi connectivity index (χ4v) is 3.77. The molecule has 4 N–H and O–H groups in total. The van der Waals surface area contributed by atoms with Crippen LogP contribution >= 0.6 is 0 Å². The average molecular weight is 378 g/mol. The van der Waals surface area contributed by atoms with Crippen LogP contribution in [0.25, 0.3) is 0 Å². The first-order valence-corrected chi connectivity index (χ1v) is 9.35. The van der Waals surface area contributed by atoms with Crippen molar-refractivity contribution in [3.8, 4) is 0 Å². The van der Waals surface area contributed by atoms with Gasteiger partial charge in [0.1, 0.15) is 6.04 Å². The lowest BCUT2D eigenvalue weighted by Crippen LogP contribution is -2.52. The van der Waals surface area contributed by atoms with E-state index in [0.717, 1.165) is 22.4 Å². The van der Waals surface area contributed by atoms with Gasteiger partial charge < -0.3 is 16.0 Å². The number of hydrogen-bond acceptors (Lipinski definition) is 5. The van der Waals surface area contributed by atoms with Gasteiger partial charge in [0.05, 0.1) is 0 Å². The molecule has 1 fully saturated rings. The van der Waals surface area contributed by atoms with Gasteiger partial charge in [0.2, 0.25) is 11.8 Å². The zero-order valence-corrected chi connectivity index (χ0v) is 15.4. The van der Waals surface area contributed by atoms with Gasteiger partial charge in [-0.05, 0) is 41.3 Å². The standard InChI is InChI=1S/C21H22N4O3/c22-10-13-4-6-15(7-5-13)23-11-14-2-1-3-16-17(14)12-25(21(16)28)18-8-9-19(26)24-20(18)27/h1-7,18,23H,8-12,22H2,(H,24,26,27). The Labute approximate surface area is 162 Å². The molecule has 0 bridgehead atoms. The summed E-state index contributed by atoms with van der Waals surface area (Å²) in [5.41, 5.74) is 10.2. The Kier molecular flexibility index (Phi) is 4.83. The van der Waals surface area contributed by atoms with Crippen LogP contribution in [0.5, 0.6) is 0 Å². The van der Waals surface area contributed by atoms with Crippen molar-refractivity contribution in [3.05, 3.63) is 64.7 Å². The summed E-state index contributed by atoms with van der Waals surface area (Å²) in [4.78, 5) is 38.0. The van der Waals surface area contributed by atoms with Gasteiger partial charge in [0.25, 0.3) is 5.91 Å². The Balaban J connectivity index is 1.50. The van der Waals surface area contributed by atoms with Crippen LogP contribution in [-0.4, -0.2) is 28.7 Å². The number of nitrogens with zero attached hydrogens (tertiary/aromatic N) is 1. The van der Waals surface area contributed by atoms with Gasteiger partial charge in [-0.15, -0.1) is 0 Å². The third-order valence-corrected chi connectivity index (χ3v) is 5.35. The van der Waals surface area contributed by atoms with Crippen LogP contribution in [0, 0.1) is 0 Å². The van der Waals surface area contributed by atoms with Crippen molar-refractivity contribution >= 4 is 23.4 Å². The molecule has 1 unspecified atom stereocenters. The molecule has 0 aliphatic carbocycles. The molecular formula is C21H22N4O3. The molecule has 1 atom stereocenters. The van der Waals surface area contributed by atoms with Crippen molar-refractivity contribution < 1.29 is 14.4 Å². The molecule has 7 nitrogen and oxygen atoms in total. The van der Waals surface area contributed by atoms with Gasteiger partial charge in [-0.1, -0.05) is 24.3 Å². The molecule has 4 rings (SSSR count). The maximum Gasteiger partial charge on any atom is 0.255 e. The lowest BCUT2D eigenvalue weighted by molar-refractivity contribution is -0.136. The number of amides is 3. The summed E-state index contributed by atoms with van der Waals surface area (Å²) < 4.78 is 0. The van der Waals surface area contributed by atoms with Crippen molar-refractivity contribution in [2.24, 2.45) is 5.73 Å². The number of nitrogens with one attached hydrogen (secondary N) is 2. The number of nitrogens with two attached hydrogens (primary N) is 1. The fourth-order valence-electron chi connectivity index (χ4n) is 3.77. The monoisotopic (exact) mass is 378 g/mol. The molecule has 0 radical (unpaired) electrons. The van der Waals surface area contributed by atoms with Crippen LogP contribution in [0.3, 0.4) is 0 Å². The van der Waals surface area contributed by atoms with E-state index in [1.807, 2.05) is 36.4 Å². The van der Waals surface area contributed by atoms with Crippen LogP contribution in [-0.2, 0) is 29.2 Å². The number of carbonyl (C=O) groups excluding carboxylic acids is 3. The number of carbonyl (C=O) groups is 3. The van der Waals surface area contributed by atoms with Crippen LogP contribution in [0.1, 0.15) is 39.9 Å². The molecule has 2 aliphatic heterocycles. The largest absolute Gasteiger partial charge is 0.381 e. The summed E-state index contributed by atoms with van der Waals surface area (Å²) in [5, 5.41) is 5.70. The fraction of sp³-hybridized carbons (Fsp3) is 0.286. The zero-order chi connectivity index (χ0) is 19.7. The summed E-state index contributed by atoms with van der Waals surface area (Å²) in [7, 11) is 0. The van der Waals surface area contributed by atoms with Gasteiger partial charge in [0.15, 0.2) is 0 Å². The van der Waals surface area contributed by atoms with Crippen LogP contribution in [0.2, 0.25) is 0 Å². The van der Waals surface area contributed by atoms with Crippen molar-refractivity contribution in [1.82, 2.24) is 10.2 Å². The van der Waals surface area contributed by atoms with Crippen LogP contribution in [0.4, 0.5) is 5.69 Å². The summed E-state index contributed by atoms with van der Waals surface area (Å²) >= 11 is 0. The van der Waals surface area contributed by atoms with E-state index >= 15 is 0 Å². The Morgan fingerprint density at radius 3 is 2.61 bits per heavy atom. The molecule has 2 heterocycles. The predicted molar refractivity (Wildman–Crippen MR) is 104 cm³/mol. The van der Waals surface area contributed by atoms with Crippen LogP contribution in [0.15, 0.2) is 42.5 Å². The highest BCUT2D eigenvalue weighted by Crippen LogP contribution is 2.30. The van der Waals surface area contributed by atoms with Crippen molar-refractivity contribution in [3.63, 3.8) is 0 Å². The summed E-state index contributed by atoms with van der Waals surface area (Å²) in [6.45, 7) is 1.46. The minimum atomic E-state index is -0.595. The van der Waals surface area contributed by atoms with Gasteiger partial charge in [-0.25, -0.2) is 0 Å². The molecule has 7 heteroatoms. The smallest absolute Gasteiger partial charge is 0.255 e. The van der Waals surface area contributed by atoms with Gasteiger partial charge in [-0.2, -0.15) is 0 Å². The number of fused-ring (bicyclic) bond motifs is 1. The number of rotatable bonds is 5. The van der Waals surface area contributed by atoms with E-state index in [2.05, 4.69) is 10.6 Å². The molecular weight excluding hydrogens is 356 g/mol. The lowest BCUT2D eigenvalue weighted by Gasteiger charge is -2.29. The van der Waals surface area contributed by atoms with Crippen molar-refractivity contribution in [2.75, 3.05) is 5.32 Å². The number of piperidine rings is 1. The third-order valence-electron chi connectivity index (χ3n) is 5.35. The highest BCUT2D eigenvalue weighted by molar-refractivity contribution is 6.05. The van der Waals surface area contributed by atoms with Crippen LogP contribution < -0.4 is 16.4 Å². The summed E-state index contributed by atoms with van der Waals surface area (Å²) in [6, 6.07) is 13.0. The molecule has 0 aromatic heterocycles. The van der Waals surface area contributed by atoms with Gasteiger partial charge >= 0.3 is 0 Å². The number of benzene rings is 2. The first-order chi connectivity index (χ1) is 13.6. The van der Waals surface area contributed by atoms with E-state index in [1.165, 1.54) is 0 Å². The molecule has 2 aromatic carbocycles.